The number of hydrogen-bond acceptors (Lipinski definition) is 8. The molecule has 0 aliphatic carbocycles. The Kier molecular flexibility index (Phi) is 7.28. The van der Waals surface area contributed by atoms with Gasteiger partial charge < -0.3 is 4.90 Å². The summed E-state index contributed by atoms with van der Waals surface area (Å²) in [5.74, 6) is 1.05. The molecule has 1 amide bonds. The second kappa shape index (κ2) is 9.52. The van der Waals surface area contributed by atoms with E-state index in [-0.39, 0.29) is 10.5 Å². The number of amides is 1. The summed E-state index contributed by atoms with van der Waals surface area (Å²) in [6.45, 7) is 6.51. The van der Waals surface area contributed by atoms with Gasteiger partial charge in [-0.15, -0.1) is 10.2 Å². The third-order valence-electron chi connectivity index (χ3n) is 4.36. The Morgan fingerprint density at radius 3 is 2.66 bits per heavy atom. The van der Waals surface area contributed by atoms with Gasteiger partial charge in [-0.05, 0) is 31.2 Å². The number of benzene rings is 1. The molecule has 2 aromatic rings. The minimum Gasteiger partial charge on any atom is -0.304 e. The molecule has 1 N–H and O–H groups in total. The van der Waals surface area contributed by atoms with Crippen LogP contribution in [0.15, 0.2) is 33.5 Å². The Morgan fingerprint density at radius 2 is 1.97 bits per heavy atom. The first-order valence-corrected chi connectivity index (χ1v) is 12.6. The number of nitrogens with one attached hydrogen (secondary N) is 1. The molecule has 0 saturated carbocycles. The topological polar surface area (TPSA) is 95.5 Å². The fourth-order valence-electron chi connectivity index (χ4n) is 2.70. The number of likely N-dealkylation sites (N-methyl/N-ethyl adjacent to an activating group) is 1. The van der Waals surface area contributed by atoms with E-state index in [1.807, 2.05) is 7.05 Å². The maximum absolute atomic E-state index is 12.9. The Labute approximate surface area is 179 Å². The van der Waals surface area contributed by atoms with Gasteiger partial charge in [0, 0.05) is 37.5 Å². The van der Waals surface area contributed by atoms with E-state index in [0.717, 1.165) is 10.1 Å². The van der Waals surface area contributed by atoms with Crippen LogP contribution in [0, 0.1) is 5.92 Å². The van der Waals surface area contributed by atoms with Gasteiger partial charge in [0.1, 0.15) is 0 Å². The number of nitrogens with zero attached hydrogens (tertiary/aromatic N) is 4. The van der Waals surface area contributed by atoms with Gasteiger partial charge in [-0.2, -0.15) is 4.31 Å². The Balaban J connectivity index is 1.69. The molecule has 158 valence electrons. The molecule has 0 radical (unpaired) electrons. The number of rotatable bonds is 7. The van der Waals surface area contributed by atoms with Gasteiger partial charge in [-0.1, -0.05) is 43.0 Å². The molecular weight excluding hydrogens is 430 g/mol. The fraction of sp³-hybridized carbons (Fsp3) is 0.500. The van der Waals surface area contributed by atoms with Crippen LogP contribution in [0.1, 0.15) is 24.2 Å². The summed E-state index contributed by atoms with van der Waals surface area (Å²) in [6, 6.07) is 6.12. The van der Waals surface area contributed by atoms with E-state index < -0.39 is 15.9 Å². The van der Waals surface area contributed by atoms with Gasteiger partial charge >= 0.3 is 0 Å². The van der Waals surface area contributed by atoms with Crippen molar-refractivity contribution in [1.82, 2.24) is 19.4 Å². The van der Waals surface area contributed by atoms with Gasteiger partial charge in [0.05, 0.1) is 4.90 Å². The van der Waals surface area contributed by atoms with Crippen molar-refractivity contribution in [2.24, 2.45) is 5.92 Å². The molecule has 0 atom stereocenters. The van der Waals surface area contributed by atoms with E-state index in [0.29, 0.717) is 37.2 Å². The largest absolute Gasteiger partial charge is 0.304 e. The molecule has 1 aromatic heterocycles. The van der Waals surface area contributed by atoms with Crippen molar-refractivity contribution in [1.29, 1.82) is 0 Å². The van der Waals surface area contributed by atoms with Gasteiger partial charge in [-0.25, -0.2) is 8.42 Å². The van der Waals surface area contributed by atoms with Crippen molar-refractivity contribution >= 4 is 44.2 Å². The summed E-state index contributed by atoms with van der Waals surface area (Å²) in [6.07, 6.45) is 0. The van der Waals surface area contributed by atoms with Crippen molar-refractivity contribution in [3.05, 3.63) is 29.8 Å². The third kappa shape index (κ3) is 5.76. The predicted molar refractivity (Wildman–Crippen MR) is 116 cm³/mol. The molecule has 3 rings (SSSR count). The summed E-state index contributed by atoms with van der Waals surface area (Å²) >= 11 is 2.91. The molecule has 0 spiro atoms. The van der Waals surface area contributed by atoms with Gasteiger partial charge in [-0.3, -0.25) is 10.1 Å². The molecule has 0 bridgehead atoms. The standard InChI is InChI=1S/C18H25N5O3S3/c1-13(2)12-27-18-21-20-17(28-18)19-16(24)14-5-4-6-15(11-14)29(25,26)23-9-7-22(3)8-10-23/h4-6,11,13H,7-10,12H2,1-3H3,(H,19,20,24). The molecule has 0 unspecified atom stereocenters. The normalized spacial score (nSPS) is 16.3. The zero-order valence-corrected chi connectivity index (χ0v) is 19.1. The molecule has 8 nitrogen and oxygen atoms in total. The minimum absolute atomic E-state index is 0.125. The van der Waals surface area contributed by atoms with E-state index in [1.54, 1.807) is 23.9 Å². The van der Waals surface area contributed by atoms with Gasteiger partial charge in [0.15, 0.2) is 4.34 Å². The van der Waals surface area contributed by atoms with Crippen LogP contribution in [0.4, 0.5) is 5.13 Å². The highest BCUT2D eigenvalue weighted by molar-refractivity contribution is 8.01. The van der Waals surface area contributed by atoms with Crippen LogP contribution in [0.25, 0.3) is 0 Å². The summed E-state index contributed by atoms with van der Waals surface area (Å²) in [5.41, 5.74) is 0.270. The summed E-state index contributed by atoms with van der Waals surface area (Å²) in [7, 11) is -1.66. The lowest BCUT2D eigenvalue weighted by atomic mass is 10.2. The molecule has 1 aliphatic heterocycles. The average Bonchev–Trinajstić information content (AvgIpc) is 3.14. The first-order chi connectivity index (χ1) is 13.8. The monoisotopic (exact) mass is 455 g/mol. The van der Waals surface area contributed by atoms with Crippen molar-refractivity contribution in [3.63, 3.8) is 0 Å². The van der Waals surface area contributed by atoms with Crippen molar-refractivity contribution in [2.75, 3.05) is 44.3 Å². The van der Waals surface area contributed by atoms with Crippen LogP contribution in [0.2, 0.25) is 0 Å². The molecule has 1 fully saturated rings. The first-order valence-electron chi connectivity index (χ1n) is 9.32. The molecule has 29 heavy (non-hydrogen) atoms. The second-order valence-electron chi connectivity index (χ2n) is 7.27. The average molecular weight is 456 g/mol. The van der Waals surface area contributed by atoms with Crippen LogP contribution in [0.5, 0.6) is 0 Å². The Morgan fingerprint density at radius 1 is 1.24 bits per heavy atom. The minimum atomic E-state index is -3.63. The van der Waals surface area contributed by atoms with Crippen molar-refractivity contribution in [3.8, 4) is 0 Å². The van der Waals surface area contributed by atoms with Crippen molar-refractivity contribution in [2.45, 2.75) is 23.1 Å². The van der Waals surface area contributed by atoms with Gasteiger partial charge in [0.2, 0.25) is 15.2 Å². The number of piperazine rings is 1. The maximum atomic E-state index is 12.9. The van der Waals surface area contributed by atoms with Crippen LogP contribution in [-0.2, 0) is 10.0 Å². The zero-order valence-electron chi connectivity index (χ0n) is 16.7. The predicted octanol–water partition coefficient (Wildman–Crippen LogP) is 2.47. The Hall–Kier alpha value is -1.53. The van der Waals surface area contributed by atoms with Crippen LogP contribution < -0.4 is 5.32 Å². The van der Waals surface area contributed by atoms with Crippen LogP contribution >= 0.6 is 23.1 Å². The summed E-state index contributed by atoms with van der Waals surface area (Å²) in [5, 5.41) is 11.2. The number of sulfonamides is 1. The lowest BCUT2D eigenvalue weighted by Crippen LogP contribution is -2.47. The summed E-state index contributed by atoms with van der Waals surface area (Å²) in [4.78, 5) is 14.8. The Bertz CT molecular complexity index is 953. The smallest absolute Gasteiger partial charge is 0.257 e. The quantitative estimate of drug-likeness (QED) is 0.506. The SMILES string of the molecule is CC(C)CSc1nnc(NC(=O)c2cccc(S(=O)(=O)N3CCN(C)CC3)c2)s1. The first kappa shape index (κ1) is 22.2. The number of aromatic nitrogens is 2. The number of hydrogen-bond donors (Lipinski definition) is 1. The van der Waals surface area contributed by atoms with E-state index in [2.05, 4.69) is 34.3 Å². The lowest BCUT2D eigenvalue weighted by molar-refractivity contribution is 0.102. The number of carbonyl (C=O) groups is 1. The number of anilines is 1. The molecule has 1 aromatic carbocycles. The van der Waals surface area contributed by atoms with Crippen LogP contribution in [-0.4, -0.2) is 72.7 Å². The number of carbonyl (C=O) groups excluding carboxylic acids is 1. The number of thioether (sulfide) groups is 1. The summed E-state index contributed by atoms with van der Waals surface area (Å²) < 4.78 is 28.1. The molecule has 2 heterocycles. The molecule has 1 aliphatic rings. The highest BCUT2D eigenvalue weighted by Gasteiger charge is 2.28. The highest BCUT2D eigenvalue weighted by atomic mass is 32.2. The van der Waals surface area contributed by atoms with Gasteiger partial charge in [0.25, 0.3) is 5.91 Å². The van der Waals surface area contributed by atoms with E-state index >= 15 is 0 Å². The fourth-order valence-corrected chi connectivity index (χ4v) is 5.89. The molecule has 11 heteroatoms. The highest BCUT2D eigenvalue weighted by Crippen LogP contribution is 2.27. The van der Waals surface area contributed by atoms with Crippen molar-refractivity contribution < 1.29 is 13.2 Å². The van der Waals surface area contributed by atoms with E-state index in [9.17, 15) is 13.2 Å². The molecule has 1 saturated heterocycles. The third-order valence-corrected chi connectivity index (χ3v) is 8.66. The van der Waals surface area contributed by atoms with E-state index in [4.69, 9.17) is 0 Å². The molecular formula is C18H25N5O3S3. The van der Waals surface area contributed by atoms with E-state index in [1.165, 1.54) is 27.8 Å². The van der Waals surface area contributed by atoms with Crippen LogP contribution in [0.3, 0.4) is 0 Å². The maximum Gasteiger partial charge on any atom is 0.257 e. The zero-order chi connectivity index (χ0) is 21.0. The lowest BCUT2D eigenvalue weighted by Gasteiger charge is -2.31. The second-order valence-corrected chi connectivity index (χ2v) is 11.4.